The lowest BCUT2D eigenvalue weighted by atomic mass is 10.3. The van der Waals surface area contributed by atoms with Crippen LogP contribution in [0.15, 0.2) is 27.7 Å². The Labute approximate surface area is 125 Å². The number of aryl methyl sites for hydroxylation is 2. The van der Waals surface area contributed by atoms with Gasteiger partial charge in [0.2, 0.25) is 0 Å². The molecule has 106 valence electrons. The van der Waals surface area contributed by atoms with Gasteiger partial charge in [-0.2, -0.15) is 5.10 Å². The molecule has 2 rings (SSSR count). The first kappa shape index (κ1) is 14.6. The van der Waals surface area contributed by atoms with Gasteiger partial charge in [-0.1, -0.05) is 6.92 Å². The summed E-state index contributed by atoms with van der Waals surface area (Å²) in [6.45, 7) is 4.97. The van der Waals surface area contributed by atoms with Gasteiger partial charge in [0.25, 0.3) is 5.56 Å². The minimum atomic E-state index is -0.129. The molecule has 0 bridgehead atoms. The van der Waals surface area contributed by atoms with Crippen molar-refractivity contribution < 1.29 is 0 Å². The lowest BCUT2D eigenvalue weighted by Gasteiger charge is -2.09. The normalized spacial score (nSPS) is 10.6. The van der Waals surface area contributed by atoms with Crippen molar-refractivity contribution in [1.82, 2.24) is 19.7 Å². The molecule has 0 radical (unpaired) electrons. The maximum absolute atomic E-state index is 12.0. The molecule has 2 aromatic rings. The number of hydrogen-bond donors (Lipinski definition) is 1. The van der Waals surface area contributed by atoms with Crippen LogP contribution in [0.25, 0.3) is 0 Å². The van der Waals surface area contributed by atoms with Crippen LogP contribution in [0.1, 0.15) is 24.9 Å². The summed E-state index contributed by atoms with van der Waals surface area (Å²) in [6.07, 6.45) is 4.23. The third-order valence-corrected chi connectivity index (χ3v) is 3.48. The van der Waals surface area contributed by atoms with Gasteiger partial charge in [-0.05, 0) is 35.3 Å². The zero-order valence-electron chi connectivity index (χ0n) is 11.4. The van der Waals surface area contributed by atoms with Crippen LogP contribution in [-0.4, -0.2) is 19.7 Å². The first-order valence-corrected chi connectivity index (χ1v) is 7.19. The molecule has 0 aromatic carbocycles. The SMILES string of the molecule is CCCn1ncc(NCc2ccnc(C)n2)c(Br)c1=O. The Balaban J connectivity index is 2.14. The Hall–Kier alpha value is -1.76. The van der Waals surface area contributed by atoms with Gasteiger partial charge < -0.3 is 5.32 Å². The number of anilines is 1. The molecule has 0 saturated carbocycles. The first-order valence-electron chi connectivity index (χ1n) is 6.40. The zero-order valence-corrected chi connectivity index (χ0v) is 13.0. The van der Waals surface area contributed by atoms with Gasteiger partial charge in [-0.3, -0.25) is 4.79 Å². The highest BCUT2D eigenvalue weighted by Crippen LogP contribution is 2.16. The van der Waals surface area contributed by atoms with Crippen LogP contribution in [0.5, 0.6) is 0 Å². The lowest BCUT2D eigenvalue weighted by molar-refractivity contribution is 0.566. The molecule has 6 nitrogen and oxygen atoms in total. The fourth-order valence-corrected chi connectivity index (χ4v) is 2.20. The van der Waals surface area contributed by atoms with E-state index in [0.29, 0.717) is 23.2 Å². The van der Waals surface area contributed by atoms with Crippen molar-refractivity contribution in [1.29, 1.82) is 0 Å². The molecule has 0 atom stereocenters. The first-order chi connectivity index (χ1) is 9.61. The van der Waals surface area contributed by atoms with Crippen molar-refractivity contribution >= 4 is 21.6 Å². The molecule has 2 aromatic heterocycles. The van der Waals surface area contributed by atoms with E-state index in [1.807, 2.05) is 19.9 Å². The molecule has 0 aliphatic heterocycles. The van der Waals surface area contributed by atoms with Crippen molar-refractivity contribution in [3.05, 3.63) is 44.8 Å². The largest absolute Gasteiger partial charge is 0.377 e. The summed E-state index contributed by atoms with van der Waals surface area (Å²) < 4.78 is 1.94. The zero-order chi connectivity index (χ0) is 14.5. The Kier molecular flexibility index (Phi) is 4.84. The average Bonchev–Trinajstić information content (AvgIpc) is 2.43. The predicted molar refractivity (Wildman–Crippen MR) is 80.6 cm³/mol. The van der Waals surface area contributed by atoms with Crippen LogP contribution < -0.4 is 10.9 Å². The van der Waals surface area contributed by atoms with Crippen molar-refractivity contribution in [2.45, 2.75) is 33.4 Å². The van der Waals surface area contributed by atoms with E-state index >= 15 is 0 Å². The van der Waals surface area contributed by atoms with Gasteiger partial charge in [-0.15, -0.1) is 0 Å². The third kappa shape index (κ3) is 3.41. The number of hydrogen-bond acceptors (Lipinski definition) is 5. The summed E-state index contributed by atoms with van der Waals surface area (Å²) in [6, 6.07) is 1.83. The van der Waals surface area contributed by atoms with Gasteiger partial charge in [-0.25, -0.2) is 14.6 Å². The second-order valence-corrected chi connectivity index (χ2v) is 5.14. The molecule has 1 N–H and O–H groups in total. The van der Waals surface area contributed by atoms with Crippen molar-refractivity contribution in [3.8, 4) is 0 Å². The third-order valence-electron chi connectivity index (χ3n) is 2.71. The second kappa shape index (κ2) is 6.60. The van der Waals surface area contributed by atoms with Crippen LogP contribution in [0.3, 0.4) is 0 Å². The summed E-state index contributed by atoms with van der Waals surface area (Å²) in [5, 5.41) is 7.29. The van der Waals surface area contributed by atoms with E-state index in [-0.39, 0.29) is 5.56 Å². The van der Waals surface area contributed by atoms with E-state index in [1.165, 1.54) is 4.68 Å². The molecular formula is C13H16BrN5O. The summed E-state index contributed by atoms with van der Waals surface area (Å²) in [4.78, 5) is 20.4. The fourth-order valence-electron chi connectivity index (χ4n) is 1.75. The molecule has 7 heteroatoms. The molecule has 0 spiro atoms. The molecule has 0 fully saturated rings. The highest BCUT2D eigenvalue weighted by Gasteiger charge is 2.08. The van der Waals surface area contributed by atoms with Gasteiger partial charge in [0.05, 0.1) is 24.1 Å². The number of nitrogens with one attached hydrogen (secondary N) is 1. The minimum absolute atomic E-state index is 0.129. The molecule has 0 aliphatic carbocycles. The van der Waals surface area contributed by atoms with Crippen molar-refractivity contribution in [3.63, 3.8) is 0 Å². The molecule has 20 heavy (non-hydrogen) atoms. The van der Waals surface area contributed by atoms with Crippen LogP contribution in [-0.2, 0) is 13.1 Å². The Bertz CT molecular complexity index is 655. The van der Waals surface area contributed by atoms with E-state index in [2.05, 4.69) is 36.3 Å². The summed E-state index contributed by atoms with van der Waals surface area (Å²) >= 11 is 3.32. The summed E-state index contributed by atoms with van der Waals surface area (Å²) in [5.74, 6) is 0.722. The van der Waals surface area contributed by atoms with Crippen LogP contribution in [0.2, 0.25) is 0 Å². The maximum atomic E-state index is 12.0. The van der Waals surface area contributed by atoms with Gasteiger partial charge >= 0.3 is 0 Å². The highest BCUT2D eigenvalue weighted by molar-refractivity contribution is 9.10. The summed E-state index contributed by atoms with van der Waals surface area (Å²) in [7, 11) is 0. The minimum Gasteiger partial charge on any atom is -0.377 e. The Morgan fingerprint density at radius 2 is 2.25 bits per heavy atom. The van der Waals surface area contributed by atoms with Crippen LogP contribution >= 0.6 is 15.9 Å². The smallest absolute Gasteiger partial charge is 0.283 e. The highest BCUT2D eigenvalue weighted by atomic mass is 79.9. The number of rotatable bonds is 5. The predicted octanol–water partition coefficient (Wildman–Crippen LogP) is 2.13. The second-order valence-electron chi connectivity index (χ2n) is 4.35. The van der Waals surface area contributed by atoms with E-state index < -0.39 is 0 Å². The topological polar surface area (TPSA) is 72.7 Å². The van der Waals surface area contributed by atoms with E-state index in [9.17, 15) is 4.79 Å². The van der Waals surface area contributed by atoms with Gasteiger partial charge in [0.1, 0.15) is 10.3 Å². The van der Waals surface area contributed by atoms with E-state index in [0.717, 1.165) is 17.9 Å². The van der Waals surface area contributed by atoms with Crippen molar-refractivity contribution in [2.24, 2.45) is 0 Å². The van der Waals surface area contributed by atoms with Gasteiger partial charge in [0.15, 0.2) is 0 Å². The van der Waals surface area contributed by atoms with Crippen molar-refractivity contribution in [2.75, 3.05) is 5.32 Å². The lowest BCUT2D eigenvalue weighted by Crippen LogP contribution is -2.24. The Morgan fingerprint density at radius 3 is 2.95 bits per heavy atom. The fraction of sp³-hybridized carbons (Fsp3) is 0.385. The van der Waals surface area contributed by atoms with E-state index in [4.69, 9.17) is 0 Å². The van der Waals surface area contributed by atoms with Crippen LogP contribution in [0.4, 0.5) is 5.69 Å². The number of nitrogens with zero attached hydrogens (tertiary/aromatic N) is 4. The molecule has 2 heterocycles. The van der Waals surface area contributed by atoms with E-state index in [1.54, 1.807) is 12.4 Å². The molecule has 0 unspecified atom stereocenters. The molecule has 0 saturated heterocycles. The standard InChI is InChI=1S/C13H16BrN5O/c1-3-6-19-13(20)12(14)11(8-17-19)16-7-10-4-5-15-9(2)18-10/h4-5,8,16H,3,6-7H2,1-2H3. The monoisotopic (exact) mass is 337 g/mol. The van der Waals surface area contributed by atoms with Gasteiger partial charge in [0, 0.05) is 12.7 Å². The Morgan fingerprint density at radius 1 is 1.45 bits per heavy atom. The molecular weight excluding hydrogens is 322 g/mol. The quantitative estimate of drug-likeness (QED) is 0.904. The summed E-state index contributed by atoms with van der Waals surface area (Å²) in [5.41, 5.74) is 1.40. The van der Waals surface area contributed by atoms with Crippen LogP contribution in [0, 0.1) is 6.92 Å². The maximum Gasteiger partial charge on any atom is 0.283 e. The average molecular weight is 338 g/mol. The molecule has 0 aliphatic rings. The number of halogens is 1. The number of aromatic nitrogens is 4. The molecule has 0 amide bonds.